The zero-order valence-electron chi connectivity index (χ0n) is 8.18. The van der Waals surface area contributed by atoms with Crippen LogP contribution in [0.3, 0.4) is 0 Å². The van der Waals surface area contributed by atoms with Crippen LogP contribution in [0, 0.1) is 23.2 Å². The summed E-state index contributed by atoms with van der Waals surface area (Å²) < 4.78 is 0. The molecule has 0 amide bonds. The van der Waals surface area contributed by atoms with E-state index in [0.29, 0.717) is 0 Å². The molecule has 0 heteroatoms. The van der Waals surface area contributed by atoms with E-state index in [0.717, 1.165) is 23.2 Å². The van der Waals surface area contributed by atoms with Crippen molar-refractivity contribution >= 4 is 0 Å². The molecule has 1 spiro atoms. The Morgan fingerprint density at radius 2 is 2.08 bits per heavy atom. The maximum atomic E-state index is 2.52. The van der Waals surface area contributed by atoms with Crippen molar-refractivity contribution in [2.75, 3.05) is 0 Å². The lowest BCUT2D eigenvalue weighted by Crippen LogP contribution is -2.30. The predicted octanol–water partition coefficient (Wildman–Crippen LogP) is 3.61. The standard InChI is InChI=1S/C12H20/c1-9-3-2-6-12(9)8-10-4-5-11(12)7-10/h9-11H,2-8H2,1H3. The number of hydrogen-bond donors (Lipinski definition) is 0. The van der Waals surface area contributed by atoms with Gasteiger partial charge in [-0.1, -0.05) is 26.2 Å². The van der Waals surface area contributed by atoms with Gasteiger partial charge in [-0.15, -0.1) is 0 Å². The first-order valence-electron chi connectivity index (χ1n) is 5.81. The van der Waals surface area contributed by atoms with Crippen LogP contribution in [0.5, 0.6) is 0 Å². The van der Waals surface area contributed by atoms with Crippen molar-refractivity contribution in [1.82, 2.24) is 0 Å². The fraction of sp³-hybridized carbons (Fsp3) is 1.00. The Bertz CT molecular complexity index is 196. The van der Waals surface area contributed by atoms with E-state index in [1.165, 1.54) is 12.8 Å². The molecule has 0 nitrogen and oxygen atoms in total. The molecular weight excluding hydrogens is 144 g/mol. The molecule has 0 aromatic rings. The molecule has 3 aliphatic rings. The van der Waals surface area contributed by atoms with Gasteiger partial charge < -0.3 is 0 Å². The van der Waals surface area contributed by atoms with Gasteiger partial charge in [0.15, 0.2) is 0 Å². The zero-order chi connectivity index (χ0) is 8.18. The zero-order valence-corrected chi connectivity index (χ0v) is 8.18. The Morgan fingerprint density at radius 1 is 1.17 bits per heavy atom. The summed E-state index contributed by atoms with van der Waals surface area (Å²) in [4.78, 5) is 0. The van der Waals surface area contributed by atoms with Crippen molar-refractivity contribution in [3.63, 3.8) is 0 Å². The highest BCUT2D eigenvalue weighted by atomic mass is 14.6. The Labute approximate surface area is 75.7 Å². The molecule has 4 unspecified atom stereocenters. The summed E-state index contributed by atoms with van der Waals surface area (Å²) in [6, 6.07) is 0. The summed E-state index contributed by atoms with van der Waals surface area (Å²) in [5.74, 6) is 3.36. The van der Waals surface area contributed by atoms with E-state index >= 15 is 0 Å². The third-order valence-electron chi connectivity index (χ3n) is 5.28. The van der Waals surface area contributed by atoms with Crippen molar-refractivity contribution in [1.29, 1.82) is 0 Å². The second-order valence-corrected chi connectivity index (χ2v) is 5.61. The number of hydrogen-bond acceptors (Lipinski definition) is 0. The summed E-state index contributed by atoms with van der Waals surface area (Å²) in [7, 11) is 0. The first-order chi connectivity index (χ1) is 5.81. The van der Waals surface area contributed by atoms with Gasteiger partial charge >= 0.3 is 0 Å². The molecule has 0 radical (unpaired) electrons. The SMILES string of the molecule is CC1CCCC12CC1CCC2C1. The summed E-state index contributed by atoms with van der Waals surface area (Å²) in [6.45, 7) is 2.52. The molecule has 0 aliphatic heterocycles. The summed E-state index contributed by atoms with van der Waals surface area (Å²) in [5, 5.41) is 0. The highest BCUT2D eigenvalue weighted by molar-refractivity contribution is 5.04. The normalized spacial score (nSPS) is 57.2. The van der Waals surface area contributed by atoms with Crippen LogP contribution in [0.25, 0.3) is 0 Å². The second kappa shape index (κ2) is 2.27. The Kier molecular flexibility index (Phi) is 1.40. The quantitative estimate of drug-likeness (QED) is 0.513. The molecule has 3 aliphatic carbocycles. The summed E-state index contributed by atoms with van der Waals surface area (Å²) in [6.07, 6.45) is 11.0. The maximum absolute atomic E-state index is 2.52. The lowest BCUT2D eigenvalue weighted by atomic mass is 9.67. The van der Waals surface area contributed by atoms with Crippen LogP contribution in [0.4, 0.5) is 0 Å². The fourth-order valence-corrected chi connectivity index (χ4v) is 4.67. The molecule has 3 rings (SSSR count). The van der Waals surface area contributed by atoms with E-state index in [-0.39, 0.29) is 0 Å². The third-order valence-corrected chi connectivity index (χ3v) is 5.28. The lowest BCUT2D eigenvalue weighted by Gasteiger charge is -2.38. The highest BCUT2D eigenvalue weighted by Crippen LogP contribution is 2.64. The van der Waals surface area contributed by atoms with E-state index in [4.69, 9.17) is 0 Å². The molecular formula is C12H20. The largest absolute Gasteiger partial charge is 0.0620 e. The first-order valence-corrected chi connectivity index (χ1v) is 5.81. The molecule has 0 saturated heterocycles. The van der Waals surface area contributed by atoms with Gasteiger partial charge in [-0.3, -0.25) is 0 Å². The van der Waals surface area contributed by atoms with Crippen molar-refractivity contribution in [3.8, 4) is 0 Å². The average Bonchev–Trinajstić information content (AvgIpc) is 2.69. The van der Waals surface area contributed by atoms with Gasteiger partial charge in [0.05, 0.1) is 0 Å². The van der Waals surface area contributed by atoms with Crippen LogP contribution in [-0.4, -0.2) is 0 Å². The first kappa shape index (κ1) is 7.41. The Hall–Kier alpha value is 0. The van der Waals surface area contributed by atoms with E-state index in [2.05, 4.69) is 6.92 Å². The van der Waals surface area contributed by atoms with Crippen molar-refractivity contribution in [2.24, 2.45) is 23.2 Å². The molecule has 2 bridgehead atoms. The van der Waals surface area contributed by atoms with Crippen molar-refractivity contribution in [2.45, 2.75) is 51.9 Å². The van der Waals surface area contributed by atoms with Gasteiger partial charge in [0, 0.05) is 0 Å². The van der Waals surface area contributed by atoms with Gasteiger partial charge in [0.1, 0.15) is 0 Å². The van der Waals surface area contributed by atoms with Gasteiger partial charge in [-0.2, -0.15) is 0 Å². The summed E-state index contributed by atoms with van der Waals surface area (Å²) >= 11 is 0. The third kappa shape index (κ3) is 0.744. The van der Waals surface area contributed by atoms with E-state index in [1.807, 2.05) is 0 Å². The topological polar surface area (TPSA) is 0 Å². The maximum Gasteiger partial charge on any atom is -0.0241 e. The van der Waals surface area contributed by atoms with Crippen LogP contribution in [-0.2, 0) is 0 Å². The highest BCUT2D eigenvalue weighted by Gasteiger charge is 2.54. The molecule has 3 fully saturated rings. The van der Waals surface area contributed by atoms with E-state index < -0.39 is 0 Å². The predicted molar refractivity (Wildman–Crippen MR) is 50.9 cm³/mol. The summed E-state index contributed by atoms with van der Waals surface area (Å²) in [5.41, 5.74) is 0.864. The Balaban J connectivity index is 1.91. The lowest BCUT2D eigenvalue weighted by molar-refractivity contribution is 0.115. The molecule has 3 saturated carbocycles. The average molecular weight is 164 g/mol. The monoisotopic (exact) mass is 164 g/mol. The van der Waals surface area contributed by atoms with Crippen LogP contribution >= 0.6 is 0 Å². The van der Waals surface area contributed by atoms with Crippen LogP contribution < -0.4 is 0 Å². The van der Waals surface area contributed by atoms with Gasteiger partial charge in [-0.05, 0) is 48.9 Å². The molecule has 0 aromatic carbocycles. The fourth-order valence-electron chi connectivity index (χ4n) is 4.67. The van der Waals surface area contributed by atoms with Crippen LogP contribution in [0.1, 0.15) is 51.9 Å². The van der Waals surface area contributed by atoms with Crippen LogP contribution in [0.2, 0.25) is 0 Å². The molecule has 0 heterocycles. The number of rotatable bonds is 0. The van der Waals surface area contributed by atoms with E-state index in [1.54, 1.807) is 32.1 Å². The minimum absolute atomic E-state index is 0.864. The smallest absolute Gasteiger partial charge is 0.0241 e. The Morgan fingerprint density at radius 3 is 2.58 bits per heavy atom. The number of fused-ring (bicyclic) bond motifs is 3. The van der Waals surface area contributed by atoms with E-state index in [9.17, 15) is 0 Å². The molecule has 0 N–H and O–H groups in total. The van der Waals surface area contributed by atoms with Gasteiger partial charge in [0.2, 0.25) is 0 Å². The van der Waals surface area contributed by atoms with Crippen molar-refractivity contribution in [3.05, 3.63) is 0 Å². The minimum Gasteiger partial charge on any atom is -0.0620 e. The second-order valence-electron chi connectivity index (χ2n) is 5.61. The molecule has 12 heavy (non-hydrogen) atoms. The minimum atomic E-state index is 0.864. The molecule has 0 aromatic heterocycles. The van der Waals surface area contributed by atoms with Crippen LogP contribution in [0.15, 0.2) is 0 Å². The molecule has 4 atom stereocenters. The van der Waals surface area contributed by atoms with Crippen molar-refractivity contribution < 1.29 is 0 Å². The van der Waals surface area contributed by atoms with Gasteiger partial charge in [0.25, 0.3) is 0 Å². The van der Waals surface area contributed by atoms with Gasteiger partial charge in [-0.25, -0.2) is 0 Å². The molecule has 68 valence electrons.